The van der Waals surface area contributed by atoms with E-state index in [1.807, 2.05) is 12.1 Å². The second-order valence-electron chi connectivity index (χ2n) is 4.85. The van der Waals surface area contributed by atoms with Crippen molar-refractivity contribution in [1.82, 2.24) is 0 Å². The lowest BCUT2D eigenvalue weighted by Gasteiger charge is -2.20. The van der Waals surface area contributed by atoms with E-state index in [1.165, 1.54) is 6.07 Å². The topological polar surface area (TPSA) is 38.3 Å². The van der Waals surface area contributed by atoms with Gasteiger partial charge < -0.3 is 10.1 Å². The molecule has 21 heavy (non-hydrogen) atoms. The molecule has 3 nitrogen and oxygen atoms in total. The van der Waals surface area contributed by atoms with Crippen LogP contribution in [0.5, 0.6) is 5.75 Å². The number of anilines is 1. The summed E-state index contributed by atoms with van der Waals surface area (Å²) in [6.07, 6.45) is 2.04. The lowest BCUT2D eigenvalue weighted by atomic mass is 9.96. The molecule has 0 bridgehead atoms. The van der Waals surface area contributed by atoms with Gasteiger partial charge in [-0.2, -0.15) is 0 Å². The van der Waals surface area contributed by atoms with E-state index in [9.17, 15) is 9.18 Å². The molecule has 1 aliphatic heterocycles. The van der Waals surface area contributed by atoms with Crippen LogP contribution >= 0.6 is 0 Å². The second kappa shape index (κ2) is 5.40. The minimum atomic E-state index is -0.339. The average molecular weight is 283 g/mol. The van der Waals surface area contributed by atoms with Crippen LogP contribution in [0.15, 0.2) is 48.0 Å². The number of halogens is 1. The number of hydrogen-bond acceptors (Lipinski definition) is 2. The summed E-state index contributed by atoms with van der Waals surface area (Å²) in [7, 11) is 1.60. The van der Waals surface area contributed by atoms with Gasteiger partial charge in [-0.1, -0.05) is 18.2 Å². The van der Waals surface area contributed by atoms with Gasteiger partial charge in [0, 0.05) is 23.2 Å². The minimum absolute atomic E-state index is 0.198. The summed E-state index contributed by atoms with van der Waals surface area (Å²) in [6, 6.07) is 11.9. The van der Waals surface area contributed by atoms with Crippen molar-refractivity contribution in [2.75, 3.05) is 12.4 Å². The Kier molecular flexibility index (Phi) is 3.44. The average Bonchev–Trinajstić information content (AvgIpc) is 2.50. The van der Waals surface area contributed by atoms with Crippen molar-refractivity contribution in [2.45, 2.75) is 6.42 Å². The third kappa shape index (κ3) is 2.65. The molecule has 0 fully saturated rings. The Morgan fingerprint density at radius 3 is 2.81 bits per heavy atom. The summed E-state index contributed by atoms with van der Waals surface area (Å²) in [5, 5.41) is 2.82. The summed E-state index contributed by atoms with van der Waals surface area (Å²) in [6.45, 7) is 0. The van der Waals surface area contributed by atoms with Crippen molar-refractivity contribution < 1.29 is 13.9 Å². The molecule has 0 unspecified atom stereocenters. The number of hydrogen-bond donors (Lipinski definition) is 1. The van der Waals surface area contributed by atoms with E-state index in [2.05, 4.69) is 5.32 Å². The maximum Gasteiger partial charge on any atom is 0.251 e. The van der Waals surface area contributed by atoms with Crippen LogP contribution in [0.1, 0.15) is 11.1 Å². The zero-order valence-electron chi connectivity index (χ0n) is 11.5. The number of methoxy groups -OCH3 is 1. The van der Waals surface area contributed by atoms with Crippen LogP contribution in [0.3, 0.4) is 0 Å². The van der Waals surface area contributed by atoms with E-state index in [-0.39, 0.29) is 11.7 Å². The van der Waals surface area contributed by atoms with E-state index >= 15 is 0 Å². The number of nitrogens with one attached hydrogen (secondary N) is 1. The van der Waals surface area contributed by atoms with Crippen LogP contribution < -0.4 is 10.1 Å². The number of fused-ring (bicyclic) bond motifs is 1. The summed E-state index contributed by atoms with van der Waals surface area (Å²) >= 11 is 0. The smallest absolute Gasteiger partial charge is 0.251 e. The maximum absolute atomic E-state index is 13.7. The molecule has 0 radical (unpaired) electrons. The van der Waals surface area contributed by atoms with Gasteiger partial charge in [0.1, 0.15) is 11.6 Å². The maximum atomic E-state index is 13.7. The van der Waals surface area contributed by atoms with E-state index < -0.39 is 0 Å². The molecular formula is C17H14FNO2. The van der Waals surface area contributed by atoms with Gasteiger partial charge in [-0.3, -0.25) is 4.79 Å². The lowest BCUT2D eigenvalue weighted by Crippen LogP contribution is -2.22. The van der Waals surface area contributed by atoms with Gasteiger partial charge >= 0.3 is 0 Å². The summed E-state index contributed by atoms with van der Waals surface area (Å²) in [4.78, 5) is 12.1. The number of carbonyl (C=O) groups is 1. The number of benzene rings is 2. The highest BCUT2D eigenvalue weighted by molar-refractivity contribution is 6.09. The molecule has 0 aromatic heterocycles. The van der Waals surface area contributed by atoms with Gasteiger partial charge in [-0.15, -0.1) is 0 Å². The fourth-order valence-electron chi connectivity index (χ4n) is 2.35. The van der Waals surface area contributed by atoms with Gasteiger partial charge in [0.25, 0.3) is 5.91 Å². The van der Waals surface area contributed by atoms with Crippen molar-refractivity contribution >= 4 is 17.7 Å². The Balaban J connectivity index is 1.98. The Bertz CT molecular complexity index is 737. The van der Waals surface area contributed by atoms with Gasteiger partial charge in [0.2, 0.25) is 0 Å². The molecule has 3 rings (SSSR count). The SMILES string of the molecule is COc1ccc2c(c1)C/C(=C/c1ccccc1F)C(=O)N2. The fraction of sp³-hybridized carbons (Fsp3) is 0.118. The minimum Gasteiger partial charge on any atom is -0.497 e. The van der Waals surface area contributed by atoms with E-state index in [0.29, 0.717) is 17.6 Å². The standard InChI is InChI=1S/C17H14FNO2/c1-21-14-6-7-16-12(10-14)9-13(17(20)19-16)8-11-4-2-3-5-15(11)18/h2-8,10H,9H2,1H3,(H,19,20)/b13-8-. The van der Waals surface area contributed by atoms with Crippen molar-refractivity contribution in [1.29, 1.82) is 0 Å². The first-order valence-electron chi connectivity index (χ1n) is 6.61. The molecular weight excluding hydrogens is 269 g/mol. The number of rotatable bonds is 2. The molecule has 106 valence electrons. The second-order valence-corrected chi connectivity index (χ2v) is 4.85. The van der Waals surface area contributed by atoms with E-state index in [1.54, 1.807) is 37.5 Å². The van der Waals surface area contributed by atoms with Gasteiger partial charge in [-0.25, -0.2) is 4.39 Å². The van der Waals surface area contributed by atoms with Crippen molar-refractivity contribution in [3.63, 3.8) is 0 Å². The first-order chi connectivity index (χ1) is 10.2. The Morgan fingerprint density at radius 1 is 1.24 bits per heavy atom. The van der Waals surface area contributed by atoms with Gasteiger partial charge in [0.15, 0.2) is 0 Å². The van der Waals surface area contributed by atoms with Gasteiger partial charge in [-0.05, 0) is 35.9 Å². The number of ether oxygens (including phenoxy) is 1. The molecule has 1 amide bonds. The first kappa shape index (κ1) is 13.4. The molecule has 4 heteroatoms. The van der Waals surface area contributed by atoms with Crippen molar-refractivity contribution in [2.24, 2.45) is 0 Å². The molecule has 0 aliphatic carbocycles. The van der Waals surface area contributed by atoms with Crippen LogP contribution in [0.2, 0.25) is 0 Å². The molecule has 1 aliphatic rings. The van der Waals surface area contributed by atoms with Crippen LogP contribution in [0, 0.1) is 5.82 Å². The van der Waals surface area contributed by atoms with Crippen LogP contribution in [-0.2, 0) is 11.2 Å². The number of carbonyl (C=O) groups excluding carboxylic acids is 1. The predicted octanol–water partition coefficient (Wildman–Crippen LogP) is 3.41. The quantitative estimate of drug-likeness (QED) is 0.858. The Morgan fingerprint density at radius 2 is 2.05 bits per heavy atom. The third-order valence-electron chi connectivity index (χ3n) is 3.47. The van der Waals surface area contributed by atoms with Crippen LogP contribution in [-0.4, -0.2) is 13.0 Å². The van der Waals surface area contributed by atoms with Crippen LogP contribution in [0.4, 0.5) is 10.1 Å². The molecule has 2 aromatic rings. The van der Waals surface area contributed by atoms with E-state index in [4.69, 9.17) is 4.74 Å². The molecule has 1 heterocycles. The molecule has 0 saturated carbocycles. The molecule has 0 saturated heterocycles. The van der Waals surface area contributed by atoms with E-state index in [0.717, 1.165) is 17.0 Å². The fourth-order valence-corrected chi connectivity index (χ4v) is 2.35. The normalized spacial score (nSPS) is 15.5. The monoisotopic (exact) mass is 283 g/mol. The highest BCUT2D eigenvalue weighted by Gasteiger charge is 2.20. The predicted molar refractivity (Wildman–Crippen MR) is 79.7 cm³/mol. The third-order valence-corrected chi connectivity index (χ3v) is 3.47. The number of amides is 1. The highest BCUT2D eigenvalue weighted by Crippen LogP contribution is 2.29. The highest BCUT2D eigenvalue weighted by atomic mass is 19.1. The van der Waals surface area contributed by atoms with Crippen molar-refractivity contribution in [3.8, 4) is 5.75 Å². The zero-order chi connectivity index (χ0) is 14.8. The van der Waals surface area contributed by atoms with Gasteiger partial charge in [0.05, 0.1) is 7.11 Å². The van der Waals surface area contributed by atoms with Crippen LogP contribution in [0.25, 0.3) is 6.08 Å². The molecule has 1 N–H and O–H groups in total. The Labute approximate surface area is 122 Å². The lowest BCUT2D eigenvalue weighted by molar-refractivity contribution is -0.113. The molecule has 0 spiro atoms. The summed E-state index contributed by atoms with van der Waals surface area (Å²) in [5.41, 5.74) is 2.66. The Hall–Kier alpha value is -2.62. The van der Waals surface area contributed by atoms with Crippen molar-refractivity contribution in [3.05, 3.63) is 65.0 Å². The molecule has 0 atom stereocenters. The summed E-state index contributed by atoms with van der Waals surface area (Å²) in [5.74, 6) is 0.195. The molecule has 2 aromatic carbocycles. The zero-order valence-corrected chi connectivity index (χ0v) is 11.5. The first-order valence-corrected chi connectivity index (χ1v) is 6.61. The summed E-state index contributed by atoms with van der Waals surface area (Å²) < 4.78 is 18.9. The largest absolute Gasteiger partial charge is 0.497 e.